The Labute approximate surface area is 112 Å². The van der Waals surface area contributed by atoms with Crippen LogP contribution in [0, 0.1) is 0 Å². The summed E-state index contributed by atoms with van der Waals surface area (Å²) in [6.45, 7) is 8.85. The van der Waals surface area contributed by atoms with Gasteiger partial charge in [-0.1, -0.05) is 13.3 Å². The second-order valence-electron chi connectivity index (χ2n) is 4.28. The number of hydrogen-bond acceptors (Lipinski definition) is 5. The molecule has 0 spiro atoms. The molecule has 0 aromatic rings. The molecule has 0 heterocycles. The third-order valence-corrected chi connectivity index (χ3v) is 2.51. The van der Waals surface area contributed by atoms with Crippen molar-refractivity contribution in [2.24, 2.45) is 5.73 Å². The second-order valence-corrected chi connectivity index (χ2v) is 4.28. The lowest BCUT2D eigenvalue weighted by Crippen LogP contribution is -2.29. The van der Waals surface area contributed by atoms with Crippen LogP contribution in [0.4, 0.5) is 0 Å². The summed E-state index contributed by atoms with van der Waals surface area (Å²) in [6.07, 6.45) is 2.30. The maximum absolute atomic E-state index is 5.45. The van der Waals surface area contributed by atoms with Crippen molar-refractivity contribution in [3.63, 3.8) is 0 Å². The van der Waals surface area contributed by atoms with E-state index in [1.54, 1.807) is 0 Å². The quantitative estimate of drug-likeness (QED) is 0.468. The Morgan fingerprint density at radius 2 is 1.39 bits per heavy atom. The molecule has 5 nitrogen and oxygen atoms in total. The first-order valence-electron chi connectivity index (χ1n) is 6.93. The number of rotatable bonds is 14. The van der Waals surface area contributed by atoms with Gasteiger partial charge in [-0.05, 0) is 13.5 Å². The highest BCUT2D eigenvalue weighted by molar-refractivity contribution is 4.49. The molecule has 2 N–H and O–H groups in total. The molecule has 0 aliphatic carbocycles. The molecular formula is C13H30N2O3. The van der Waals surface area contributed by atoms with Crippen molar-refractivity contribution >= 4 is 0 Å². The molecule has 110 valence electrons. The molecule has 0 unspecified atom stereocenters. The fourth-order valence-corrected chi connectivity index (χ4v) is 1.34. The molecule has 5 heteroatoms. The average Bonchev–Trinajstić information content (AvgIpc) is 2.36. The molecule has 0 radical (unpaired) electrons. The van der Waals surface area contributed by atoms with Gasteiger partial charge in [0.2, 0.25) is 0 Å². The Kier molecular flexibility index (Phi) is 14.7. The lowest BCUT2D eigenvalue weighted by atomic mass is 10.4. The van der Waals surface area contributed by atoms with Crippen LogP contribution in [0.5, 0.6) is 0 Å². The van der Waals surface area contributed by atoms with Crippen molar-refractivity contribution in [1.82, 2.24) is 4.90 Å². The predicted molar refractivity (Wildman–Crippen MR) is 73.9 cm³/mol. The van der Waals surface area contributed by atoms with E-state index in [2.05, 4.69) is 11.8 Å². The van der Waals surface area contributed by atoms with E-state index in [9.17, 15) is 0 Å². The predicted octanol–water partition coefficient (Wildman–Crippen LogP) is 0.727. The number of likely N-dealkylation sites (N-methyl/N-ethyl adjacent to an activating group) is 1. The van der Waals surface area contributed by atoms with E-state index in [0.717, 1.165) is 32.7 Å². The number of nitrogens with two attached hydrogens (primary N) is 1. The van der Waals surface area contributed by atoms with E-state index in [4.69, 9.17) is 19.9 Å². The van der Waals surface area contributed by atoms with Crippen LogP contribution in [0.2, 0.25) is 0 Å². The lowest BCUT2D eigenvalue weighted by molar-refractivity contribution is 0.0113. The molecular weight excluding hydrogens is 232 g/mol. The number of unbranched alkanes of at least 4 members (excludes halogenated alkanes) is 1. The largest absolute Gasteiger partial charge is 0.379 e. The number of ether oxygens (including phenoxy) is 3. The van der Waals surface area contributed by atoms with Crippen molar-refractivity contribution in [3.05, 3.63) is 0 Å². The van der Waals surface area contributed by atoms with Gasteiger partial charge < -0.3 is 24.8 Å². The number of hydrogen-bond donors (Lipinski definition) is 1. The third kappa shape index (κ3) is 13.9. The Morgan fingerprint density at radius 3 is 1.94 bits per heavy atom. The van der Waals surface area contributed by atoms with Gasteiger partial charge in [0.15, 0.2) is 0 Å². The minimum atomic E-state index is 0.637. The standard InChI is InChI=1S/C13H30N2O3/c1-3-4-8-16-10-12-18-13-11-17-9-7-15(2)6-5-14/h3-14H2,1-2H3. The van der Waals surface area contributed by atoms with E-state index >= 15 is 0 Å². The van der Waals surface area contributed by atoms with Crippen molar-refractivity contribution in [3.8, 4) is 0 Å². The average molecular weight is 262 g/mol. The maximum Gasteiger partial charge on any atom is 0.0701 e. The van der Waals surface area contributed by atoms with Crippen LogP contribution < -0.4 is 5.73 Å². The van der Waals surface area contributed by atoms with Gasteiger partial charge in [-0.15, -0.1) is 0 Å². The molecule has 0 aromatic heterocycles. The van der Waals surface area contributed by atoms with E-state index in [-0.39, 0.29) is 0 Å². The highest BCUT2D eigenvalue weighted by atomic mass is 16.5. The van der Waals surface area contributed by atoms with Gasteiger partial charge in [0, 0.05) is 26.2 Å². The van der Waals surface area contributed by atoms with Crippen LogP contribution in [-0.4, -0.2) is 71.2 Å². The first kappa shape index (κ1) is 17.8. The van der Waals surface area contributed by atoms with Crippen LogP contribution in [-0.2, 0) is 14.2 Å². The fraction of sp³-hybridized carbons (Fsp3) is 1.00. The van der Waals surface area contributed by atoms with Crippen molar-refractivity contribution in [1.29, 1.82) is 0 Å². The SMILES string of the molecule is CCCCOCCOCCOCCN(C)CCN. The van der Waals surface area contributed by atoms with E-state index in [0.29, 0.717) is 33.0 Å². The van der Waals surface area contributed by atoms with Crippen LogP contribution in [0.3, 0.4) is 0 Å². The molecule has 0 fully saturated rings. The van der Waals surface area contributed by atoms with Crippen molar-refractivity contribution in [2.45, 2.75) is 19.8 Å². The zero-order valence-electron chi connectivity index (χ0n) is 12.0. The molecule has 0 atom stereocenters. The normalized spacial score (nSPS) is 11.3. The highest BCUT2D eigenvalue weighted by Crippen LogP contribution is 1.88. The van der Waals surface area contributed by atoms with Gasteiger partial charge in [-0.25, -0.2) is 0 Å². The fourth-order valence-electron chi connectivity index (χ4n) is 1.34. The summed E-state index contributed by atoms with van der Waals surface area (Å²) in [4.78, 5) is 2.16. The smallest absolute Gasteiger partial charge is 0.0701 e. The topological polar surface area (TPSA) is 57.0 Å². The van der Waals surface area contributed by atoms with E-state index in [1.165, 1.54) is 6.42 Å². The molecule has 0 aliphatic rings. The molecule has 0 bridgehead atoms. The lowest BCUT2D eigenvalue weighted by Gasteiger charge is -2.15. The Balaban J connectivity index is 2.98. The van der Waals surface area contributed by atoms with Crippen molar-refractivity contribution < 1.29 is 14.2 Å². The summed E-state index contributed by atoms with van der Waals surface area (Å²) in [7, 11) is 2.04. The first-order chi connectivity index (χ1) is 8.81. The van der Waals surface area contributed by atoms with Gasteiger partial charge in [0.1, 0.15) is 0 Å². The minimum Gasteiger partial charge on any atom is -0.379 e. The zero-order valence-corrected chi connectivity index (χ0v) is 12.0. The Hall–Kier alpha value is -0.200. The van der Waals surface area contributed by atoms with Crippen LogP contribution in [0.25, 0.3) is 0 Å². The zero-order chi connectivity index (χ0) is 13.5. The molecule has 0 aromatic carbocycles. The van der Waals surface area contributed by atoms with E-state index < -0.39 is 0 Å². The monoisotopic (exact) mass is 262 g/mol. The molecule has 0 aliphatic heterocycles. The first-order valence-corrected chi connectivity index (χ1v) is 6.93. The molecule has 0 saturated heterocycles. The summed E-state index contributed by atoms with van der Waals surface area (Å²) in [5.74, 6) is 0. The van der Waals surface area contributed by atoms with Gasteiger partial charge in [-0.2, -0.15) is 0 Å². The van der Waals surface area contributed by atoms with Crippen LogP contribution in [0.15, 0.2) is 0 Å². The van der Waals surface area contributed by atoms with Gasteiger partial charge in [0.05, 0.1) is 33.0 Å². The summed E-state index contributed by atoms with van der Waals surface area (Å²) in [6, 6.07) is 0. The van der Waals surface area contributed by atoms with Crippen LogP contribution in [0.1, 0.15) is 19.8 Å². The minimum absolute atomic E-state index is 0.637. The van der Waals surface area contributed by atoms with Crippen LogP contribution >= 0.6 is 0 Å². The molecule has 0 amide bonds. The molecule has 0 rings (SSSR count). The number of nitrogens with zero attached hydrogens (tertiary/aromatic N) is 1. The van der Waals surface area contributed by atoms with Gasteiger partial charge >= 0.3 is 0 Å². The van der Waals surface area contributed by atoms with Gasteiger partial charge in [0.25, 0.3) is 0 Å². The summed E-state index contributed by atoms with van der Waals surface area (Å²) in [5, 5.41) is 0. The Bertz CT molecular complexity index is 159. The van der Waals surface area contributed by atoms with Crippen molar-refractivity contribution in [2.75, 3.05) is 66.3 Å². The maximum atomic E-state index is 5.45. The molecule has 0 saturated carbocycles. The van der Waals surface area contributed by atoms with E-state index in [1.807, 2.05) is 7.05 Å². The summed E-state index contributed by atoms with van der Waals surface area (Å²) in [5.41, 5.74) is 5.44. The molecule has 18 heavy (non-hydrogen) atoms. The van der Waals surface area contributed by atoms with Gasteiger partial charge in [-0.3, -0.25) is 0 Å². The Morgan fingerprint density at radius 1 is 0.833 bits per heavy atom. The summed E-state index contributed by atoms with van der Waals surface area (Å²) < 4.78 is 16.2. The third-order valence-electron chi connectivity index (χ3n) is 2.51. The highest BCUT2D eigenvalue weighted by Gasteiger charge is 1.96. The second kappa shape index (κ2) is 14.9. The summed E-state index contributed by atoms with van der Waals surface area (Å²) >= 11 is 0.